The van der Waals surface area contributed by atoms with Crippen LogP contribution in [-0.4, -0.2) is 53.5 Å². The van der Waals surface area contributed by atoms with Gasteiger partial charge in [0.25, 0.3) is 5.91 Å². The van der Waals surface area contributed by atoms with E-state index in [1.807, 2.05) is 12.1 Å². The first-order chi connectivity index (χ1) is 13.4. The number of ether oxygens (including phenoxy) is 1. The van der Waals surface area contributed by atoms with Crippen molar-refractivity contribution >= 4 is 40.8 Å². The summed E-state index contributed by atoms with van der Waals surface area (Å²) in [5.41, 5.74) is -0.136. The first-order valence-corrected chi connectivity index (χ1v) is 9.42. The summed E-state index contributed by atoms with van der Waals surface area (Å²) in [6.45, 7) is 0.209. The molecule has 0 bridgehead atoms. The summed E-state index contributed by atoms with van der Waals surface area (Å²) in [7, 11) is 0. The van der Waals surface area contributed by atoms with Gasteiger partial charge in [-0.25, -0.2) is 9.37 Å². The number of piperazine rings is 1. The predicted octanol–water partition coefficient (Wildman–Crippen LogP) is 2.71. The van der Waals surface area contributed by atoms with Crippen LogP contribution < -0.4 is 4.90 Å². The molecule has 2 aromatic rings. The maximum atomic E-state index is 14.3. The number of carbonyl (C=O) groups excluding carboxylic acids is 2. The molecule has 28 heavy (non-hydrogen) atoms. The molecule has 4 rings (SSSR count). The number of rotatable bonds is 4. The van der Waals surface area contributed by atoms with Gasteiger partial charge in [0.05, 0.1) is 18.2 Å². The molecule has 3 heterocycles. The van der Waals surface area contributed by atoms with Crippen molar-refractivity contribution in [2.24, 2.45) is 0 Å². The molecule has 0 atom stereocenters. The molecule has 2 fully saturated rings. The van der Waals surface area contributed by atoms with Crippen molar-refractivity contribution in [2.75, 3.05) is 31.2 Å². The molecule has 1 aromatic heterocycles. The molecule has 146 valence electrons. The second kappa shape index (κ2) is 7.31. The Morgan fingerprint density at radius 1 is 1.14 bits per heavy atom. The minimum absolute atomic E-state index is 0.0733. The topological polar surface area (TPSA) is 62.7 Å². The normalized spacial score (nSPS) is 18.5. The Labute approximate surface area is 170 Å². The lowest BCUT2D eigenvalue weighted by molar-refractivity contribution is -0.182. The summed E-state index contributed by atoms with van der Waals surface area (Å²) in [5.74, 6) is -1.64. The largest absolute Gasteiger partial charge is 0.375 e. The SMILES string of the molecule is O=C1CN(c2ncc(Cl)cc2F)C(=O)C2(COC2)N1CCc1ccc(Cl)cc1. The third-order valence-corrected chi connectivity index (χ3v) is 5.48. The van der Waals surface area contributed by atoms with E-state index in [4.69, 9.17) is 27.9 Å². The number of hydrogen-bond acceptors (Lipinski definition) is 4. The number of benzene rings is 1. The fourth-order valence-corrected chi connectivity index (χ4v) is 3.75. The van der Waals surface area contributed by atoms with Crippen LogP contribution in [0.4, 0.5) is 10.2 Å². The fraction of sp³-hybridized carbons (Fsp3) is 0.316. The first kappa shape index (κ1) is 19.1. The molecular weight excluding hydrogens is 408 g/mol. The lowest BCUT2D eigenvalue weighted by atomic mass is 9.89. The predicted molar refractivity (Wildman–Crippen MR) is 102 cm³/mol. The Hall–Kier alpha value is -2.22. The highest BCUT2D eigenvalue weighted by Gasteiger charge is 2.58. The third kappa shape index (κ3) is 3.23. The van der Waals surface area contributed by atoms with Gasteiger partial charge in [0.1, 0.15) is 6.54 Å². The van der Waals surface area contributed by atoms with Gasteiger partial charge in [0.15, 0.2) is 17.2 Å². The van der Waals surface area contributed by atoms with Gasteiger partial charge in [0.2, 0.25) is 5.91 Å². The van der Waals surface area contributed by atoms with Crippen LogP contribution in [0.15, 0.2) is 36.5 Å². The molecule has 0 saturated carbocycles. The van der Waals surface area contributed by atoms with E-state index in [2.05, 4.69) is 4.98 Å². The zero-order chi connectivity index (χ0) is 19.9. The Bertz CT molecular complexity index is 935. The van der Waals surface area contributed by atoms with Gasteiger partial charge in [-0.1, -0.05) is 35.3 Å². The molecule has 2 amide bonds. The number of pyridine rings is 1. The summed E-state index contributed by atoms with van der Waals surface area (Å²) in [5, 5.41) is 0.744. The van der Waals surface area contributed by atoms with E-state index in [1.165, 1.54) is 11.1 Å². The number of anilines is 1. The second-order valence-electron chi connectivity index (χ2n) is 6.80. The number of carbonyl (C=O) groups is 2. The number of halogens is 3. The van der Waals surface area contributed by atoms with Crippen molar-refractivity contribution in [1.82, 2.24) is 9.88 Å². The van der Waals surface area contributed by atoms with E-state index in [-0.39, 0.29) is 36.5 Å². The van der Waals surface area contributed by atoms with Crippen molar-refractivity contribution < 1.29 is 18.7 Å². The summed E-state index contributed by atoms with van der Waals surface area (Å²) >= 11 is 11.6. The molecule has 0 radical (unpaired) electrons. The first-order valence-electron chi connectivity index (χ1n) is 8.66. The van der Waals surface area contributed by atoms with Crippen LogP contribution in [0.25, 0.3) is 0 Å². The maximum Gasteiger partial charge on any atom is 0.259 e. The van der Waals surface area contributed by atoms with Gasteiger partial charge in [0, 0.05) is 17.8 Å². The fourth-order valence-electron chi connectivity index (χ4n) is 3.48. The lowest BCUT2D eigenvalue weighted by Gasteiger charge is -2.53. The number of amides is 2. The highest BCUT2D eigenvalue weighted by atomic mass is 35.5. The average Bonchev–Trinajstić information content (AvgIpc) is 2.62. The Morgan fingerprint density at radius 3 is 2.46 bits per heavy atom. The number of nitrogens with zero attached hydrogens (tertiary/aromatic N) is 3. The summed E-state index contributed by atoms with van der Waals surface area (Å²) in [4.78, 5) is 32.6. The highest BCUT2D eigenvalue weighted by Crippen LogP contribution is 2.34. The van der Waals surface area contributed by atoms with E-state index < -0.39 is 17.3 Å². The lowest BCUT2D eigenvalue weighted by Crippen LogP contribution is -2.76. The van der Waals surface area contributed by atoms with Crippen molar-refractivity contribution in [3.63, 3.8) is 0 Å². The molecule has 1 spiro atoms. The molecule has 2 saturated heterocycles. The van der Waals surface area contributed by atoms with Gasteiger partial charge in [-0.15, -0.1) is 0 Å². The molecule has 6 nitrogen and oxygen atoms in total. The van der Waals surface area contributed by atoms with Crippen molar-refractivity contribution in [3.8, 4) is 0 Å². The third-order valence-electron chi connectivity index (χ3n) is 5.02. The molecule has 2 aliphatic heterocycles. The van der Waals surface area contributed by atoms with Gasteiger partial charge in [-0.2, -0.15) is 0 Å². The highest BCUT2D eigenvalue weighted by molar-refractivity contribution is 6.30. The smallest absolute Gasteiger partial charge is 0.259 e. The van der Waals surface area contributed by atoms with E-state index in [1.54, 1.807) is 12.1 Å². The van der Waals surface area contributed by atoms with E-state index >= 15 is 0 Å². The van der Waals surface area contributed by atoms with E-state index in [9.17, 15) is 14.0 Å². The van der Waals surface area contributed by atoms with Crippen LogP contribution in [0.2, 0.25) is 10.0 Å². The molecule has 0 aliphatic carbocycles. The molecule has 9 heteroatoms. The minimum atomic E-state index is -1.13. The van der Waals surface area contributed by atoms with Gasteiger partial charge >= 0.3 is 0 Å². The zero-order valence-electron chi connectivity index (χ0n) is 14.7. The van der Waals surface area contributed by atoms with Crippen LogP contribution in [-0.2, 0) is 20.7 Å². The maximum absolute atomic E-state index is 14.3. The standard InChI is InChI=1S/C19H16Cl2FN3O3/c20-13-3-1-12(2-4-13)5-6-25-16(26)9-24(18(27)19(25)10-28-11-19)17-15(22)7-14(21)8-23-17/h1-4,7-8H,5-6,9-11H2. The van der Waals surface area contributed by atoms with Gasteiger partial charge in [-0.05, 0) is 30.2 Å². The van der Waals surface area contributed by atoms with Crippen LogP contribution in [0.1, 0.15) is 5.56 Å². The van der Waals surface area contributed by atoms with Crippen LogP contribution >= 0.6 is 23.2 Å². The molecule has 2 aliphatic rings. The summed E-state index contributed by atoms with van der Waals surface area (Å²) < 4.78 is 19.6. The van der Waals surface area contributed by atoms with Crippen LogP contribution in [0, 0.1) is 5.82 Å². The Balaban J connectivity index is 1.58. The van der Waals surface area contributed by atoms with Crippen LogP contribution in [0.3, 0.4) is 0 Å². The molecule has 0 unspecified atom stereocenters. The quantitative estimate of drug-likeness (QED) is 0.758. The average molecular weight is 424 g/mol. The van der Waals surface area contributed by atoms with E-state index in [0.717, 1.165) is 16.5 Å². The summed E-state index contributed by atoms with van der Waals surface area (Å²) in [6.07, 6.45) is 1.81. The minimum Gasteiger partial charge on any atom is -0.375 e. The molecular formula is C19H16Cl2FN3O3. The Kier molecular flexibility index (Phi) is 4.99. The second-order valence-corrected chi connectivity index (χ2v) is 7.67. The van der Waals surface area contributed by atoms with Crippen LogP contribution in [0.5, 0.6) is 0 Å². The van der Waals surface area contributed by atoms with Gasteiger partial charge < -0.3 is 9.64 Å². The van der Waals surface area contributed by atoms with Gasteiger partial charge in [-0.3, -0.25) is 14.5 Å². The number of hydrogen-bond donors (Lipinski definition) is 0. The zero-order valence-corrected chi connectivity index (χ0v) is 16.2. The van der Waals surface area contributed by atoms with E-state index in [0.29, 0.717) is 18.0 Å². The van der Waals surface area contributed by atoms with Crippen molar-refractivity contribution in [3.05, 3.63) is 58.0 Å². The number of aromatic nitrogens is 1. The van der Waals surface area contributed by atoms with Crippen molar-refractivity contribution in [2.45, 2.75) is 12.0 Å². The monoisotopic (exact) mass is 423 g/mol. The van der Waals surface area contributed by atoms with Crippen molar-refractivity contribution in [1.29, 1.82) is 0 Å². The Morgan fingerprint density at radius 2 is 1.86 bits per heavy atom. The molecule has 0 N–H and O–H groups in total. The summed E-state index contributed by atoms with van der Waals surface area (Å²) in [6, 6.07) is 8.38. The molecule has 1 aromatic carbocycles.